The molecule has 2 aliphatic heterocycles. The molecule has 3 N–H and O–H groups in total. The Hall–Kier alpha value is -2.73. The van der Waals surface area contributed by atoms with E-state index >= 15 is 0 Å². The molecule has 0 bridgehead atoms. The first kappa shape index (κ1) is 27.3. The number of hydrogen-bond acceptors (Lipinski definition) is 7. The van der Waals surface area contributed by atoms with Gasteiger partial charge in [-0.3, -0.25) is 14.5 Å². The Kier molecular flexibility index (Phi) is 7.80. The molecule has 9 nitrogen and oxygen atoms in total. The van der Waals surface area contributed by atoms with E-state index in [1.807, 2.05) is 4.72 Å². The number of likely N-dealkylation sites (tertiary alicyclic amines) is 2. The zero-order chi connectivity index (χ0) is 27.0. The van der Waals surface area contributed by atoms with Crippen molar-refractivity contribution in [3.63, 3.8) is 0 Å². The highest BCUT2D eigenvalue weighted by Crippen LogP contribution is 2.29. The van der Waals surface area contributed by atoms with Crippen molar-refractivity contribution in [1.29, 1.82) is 0 Å². The van der Waals surface area contributed by atoms with Crippen molar-refractivity contribution >= 4 is 39.1 Å². The van der Waals surface area contributed by atoms with E-state index in [0.717, 1.165) is 37.9 Å². The Morgan fingerprint density at radius 3 is 2.41 bits per heavy atom. The Balaban J connectivity index is 1.25. The summed E-state index contributed by atoms with van der Waals surface area (Å²) in [6.45, 7) is 4.02. The van der Waals surface area contributed by atoms with Crippen LogP contribution in [0.4, 0.5) is 10.1 Å². The van der Waals surface area contributed by atoms with Crippen LogP contribution in [0.25, 0.3) is 0 Å². The maximum Gasteiger partial charge on any atom is 0.266 e. The zero-order valence-corrected chi connectivity index (χ0v) is 22.2. The highest BCUT2D eigenvalue weighted by atomic mass is 35.5. The molecule has 2 aromatic rings. The lowest BCUT2D eigenvalue weighted by Crippen LogP contribution is -2.61. The summed E-state index contributed by atoms with van der Waals surface area (Å²) in [5.74, 6) is -1.71. The SMILES string of the molecule is C[C@@](O)(C(=O)N1CCC(N2CC(Nc3ccc(C(=O)NS(C)(=O)=O)c(Cl)c3)C2)CC1)c1cccc(F)c1. The number of nitrogens with one attached hydrogen (secondary N) is 2. The van der Waals surface area contributed by atoms with Gasteiger partial charge in [0.15, 0.2) is 5.60 Å². The number of hydrogen-bond donors (Lipinski definition) is 3. The first-order valence-electron chi connectivity index (χ1n) is 11.9. The van der Waals surface area contributed by atoms with Gasteiger partial charge < -0.3 is 15.3 Å². The average molecular weight is 553 g/mol. The van der Waals surface area contributed by atoms with Gasteiger partial charge >= 0.3 is 0 Å². The molecule has 200 valence electrons. The normalized spacial score (nSPS) is 19.1. The summed E-state index contributed by atoms with van der Waals surface area (Å²) in [7, 11) is -3.69. The summed E-state index contributed by atoms with van der Waals surface area (Å²) in [5.41, 5.74) is -0.750. The van der Waals surface area contributed by atoms with Crippen molar-refractivity contribution in [3.05, 3.63) is 64.4 Å². The van der Waals surface area contributed by atoms with Crippen LogP contribution in [0, 0.1) is 5.82 Å². The minimum absolute atomic E-state index is 0.0746. The van der Waals surface area contributed by atoms with Gasteiger partial charge in [-0.2, -0.15) is 0 Å². The standard InChI is InChI=1S/C25H30ClFN4O5S/c1-25(34,16-4-3-5-17(27)12-16)24(33)30-10-8-20(9-11-30)31-14-19(15-31)28-18-6-7-21(22(26)13-18)23(32)29-37(2,35)36/h3-7,12-13,19-20,28,34H,8-11,14-15H2,1-2H3,(H,29,32)/t25-/m0/s1. The second kappa shape index (κ2) is 10.6. The molecule has 1 atom stereocenters. The molecular formula is C25H30ClFN4O5S. The molecule has 0 aliphatic carbocycles. The minimum Gasteiger partial charge on any atom is -0.380 e. The van der Waals surface area contributed by atoms with Crippen molar-refractivity contribution < 1.29 is 27.5 Å². The average Bonchev–Trinajstić information content (AvgIpc) is 2.79. The second-order valence-electron chi connectivity index (χ2n) is 9.80. The summed E-state index contributed by atoms with van der Waals surface area (Å²) in [6.07, 6.45) is 2.44. The van der Waals surface area contributed by atoms with Gasteiger partial charge in [-0.05, 0) is 55.7 Å². The highest BCUT2D eigenvalue weighted by Gasteiger charge is 2.40. The number of benzene rings is 2. The van der Waals surface area contributed by atoms with Crippen LogP contribution < -0.4 is 10.0 Å². The molecule has 2 amide bonds. The predicted molar refractivity (Wildman–Crippen MR) is 138 cm³/mol. The molecule has 2 saturated heterocycles. The fourth-order valence-electron chi connectivity index (χ4n) is 4.81. The maximum atomic E-state index is 13.6. The molecular weight excluding hydrogens is 523 g/mol. The summed E-state index contributed by atoms with van der Waals surface area (Å²) in [5, 5.41) is 14.3. The molecule has 0 unspecified atom stereocenters. The van der Waals surface area contributed by atoms with E-state index in [-0.39, 0.29) is 22.2 Å². The molecule has 37 heavy (non-hydrogen) atoms. The second-order valence-corrected chi connectivity index (χ2v) is 12.0. The van der Waals surface area contributed by atoms with E-state index in [1.165, 1.54) is 31.2 Å². The van der Waals surface area contributed by atoms with Gasteiger partial charge in [0.25, 0.3) is 11.8 Å². The number of carbonyl (C=O) groups excluding carboxylic acids is 2. The zero-order valence-electron chi connectivity index (χ0n) is 20.6. The number of rotatable bonds is 7. The summed E-state index contributed by atoms with van der Waals surface area (Å²) >= 11 is 6.19. The van der Waals surface area contributed by atoms with E-state index in [1.54, 1.807) is 23.1 Å². The van der Waals surface area contributed by atoms with Crippen molar-refractivity contribution in [2.75, 3.05) is 37.8 Å². The van der Waals surface area contributed by atoms with Crippen molar-refractivity contribution in [3.8, 4) is 0 Å². The van der Waals surface area contributed by atoms with Crippen molar-refractivity contribution in [2.45, 2.75) is 37.5 Å². The quantitative estimate of drug-likeness (QED) is 0.481. The fraction of sp³-hybridized carbons (Fsp3) is 0.440. The van der Waals surface area contributed by atoms with E-state index < -0.39 is 33.3 Å². The topological polar surface area (TPSA) is 119 Å². The molecule has 2 aliphatic rings. The van der Waals surface area contributed by atoms with Gasteiger partial charge in [0.2, 0.25) is 10.0 Å². The van der Waals surface area contributed by atoms with Crippen molar-refractivity contribution in [1.82, 2.24) is 14.5 Å². The third-order valence-corrected chi connectivity index (χ3v) is 7.71. The van der Waals surface area contributed by atoms with Crippen LogP contribution in [0.1, 0.15) is 35.7 Å². The molecule has 2 heterocycles. The van der Waals surface area contributed by atoms with E-state index in [4.69, 9.17) is 11.6 Å². The number of amides is 2. The molecule has 0 aromatic heterocycles. The number of halogens is 2. The van der Waals surface area contributed by atoms with Gasteiger partial charge in [0.05, 0.1) is 22.9 Å². The molecule has 2 fully saturated rings. The third kappa shape index (κ3) is 6.40. The smallest absolute Gasteiger partial charge is 0.266 e. The number of piperidine rings is 1. The van der Waals surface area contributed by atoms with E-state index in [9.17, 15) is 27.5 Å². The van der Waals surface area contributed by atoms with Crippen LogP contribution in [-0.4, -0.2) is 79.7 Å². The highest BCUT2D eigenvalue weighted by molar-refractivity contribution is 7.89. The van der Waals surface area contributed by atoms with E-state index in [0.29, 0.717) is 19.1 Å². The van der Waals surface area contributed by atoms with Gasteiger partial charge in [0.1, 0.15) is 5.82 Å². The Bertz CT molecular complexity index is 1290. The van der Waals surface area contributed by atoms with Gasteiger partial charge in [0, 0.05) is 37.9 Å². The summed E-state index contributed by atoms with van der Waals surface area (Å²) in [6, 6.07) is 10.7. The Labute approximate surface area is 220 Å². The molecule has 4 rings (SSSR count). The first-order chi connectivity index (χ1) is 17.3. The monoisotopic (exact) mass is 552 g/mol. The molecule has 0 saturated carbocycles. The van der Waals surface area contributed by atoms with Crippen LogP contribution in [0.3, 0.4) is 0 Å². The van der Waals surface area contributed by atoms with Crippen LogP contribution in [-0.2, 0) is 20.4 Å². The first-order valence-corrected chi connectivity index (χ1v) is 14.2. The number of carbonyl (C=O) groups is 2. The van der Waals surface area contributed by atoms with E-state index in [2.05, 4.69) is 10.2 Å². The van der Waals surface area contributed by atoms with Gasteiger partial charge in [-0.1, -0.05) is 23.7 Å². The molecule has 2 aromatic carbocycles. The van der Waals surface area contributed by atoms with Crippen LogP contribution in [0.15, 0.2) is 42.5 Å². The third-order valence-electron chi connectivity index (χ3n) is 6.84. The minimum atomic E-state index is -3.69. The number of anilines is 1. The van der Waals surface area contributed by atoms with Gasteiger partial charge in [-0.25, -0.2) is 17.5 Å². The largest absolute Gasteiger partial charge is 0.380 e. The molecule has 0 spiro atoms. The van der Waals surface area contributed by atoms with Crippen LogP contribution in [0.2, 0.25) is 5.02 Å². The maximum absolute atomic E-state index is 13.6. The van der Waals surface area contributed by atoms with Crippen LogP contribution in [0.5, 0.6) is 0 Å². The predicted octanol–water partition coefficient (Wildman–Crippen LogP) is 2.16. The Morgan fingerprint density at radius 1 is 1.14 bits per heavy atom. The number of sulfonamides is 1. The Morgan fingerprint density at radius 2 is 1.81 bits per heavy atom. The lowest BCUT2D eigenvalue weighted by molar-refractivity contribution is -0.152. The van der Waals surface area contributed by atoms with Crippen LogP contribution >= 0.6 is 11.6 Å². The number of nitrogens with zero attached hydrogens (tertiary/aromatic N) is 2. The molecule has 12 heteroatoms. The lowest BCUT2D eigenvalue weighted by atomic mass is 9.92. The molecule has 0 radical (unpaired) electrons. The fourth-order valence-corrected chi connectivity index (χ4v) is 5.52. The number of aliphatic hydroxyl groups is 1. The summed E-state index contributed by atoms with van der Waals surface area (Å²) in [4.78, 5) is 29.0. The van der Waals surface area contributed by atoms with Gasteiger partial charge in [-0.15, -0.1) is 0 Å². The lowest BCUT2D eigenvalue weighted by Gasteiger charge is -2.48. The summed E-state index contributed by atoms with van der Waals surface area (Å²) < 4.78 is 38.0. The van der Waals surface area contributed by atoms with Crippen molar-refractivity contribution in [2.24, 2.45) is 0 Å².